The van der Waals surface area contributed by atoms with Crippen molar-refractivity contribution < 1.29 is 37.7 Å². The van der Waals surface area contributed by atoms with Crippen LogP contribution >= 0.6 is 0 Å². The molecule has 0 saturated carbocycles. The molecule has 0 radical (unpaired) electrons. The zero-order valence-corrected chi connectivity index (χ0v) is 23.5. The van der Waals surface area contributed by atoms with E-state index in [4.69, 9.17) is 5.26 Å². The summed E-state index contributed by atoms with van der Waals surface area (Å²) in [6.07, 6.45) is 4.55. The molecular weight excluding hydrogens is 729 g/mol. The molecule has 0 aliphatic heterocycles. The Labute approximate surface area is 250 Å². The zero-order valence-electron chi connectivity index (χ0n) is 21.1. The molecule has 0 bridgehead atoms. The minimum absolute atomic E-state index is 0. The van der Waals surface area contributed by atoms with Crippen molar-refractivity contribution in [2.75, 3.05) is 0 Å². The van der Waals surface area contributed by atoms with Crippen LogP contribution in [0.4, 0.5) is 17.6 Å². The number of nitriles is 1. The van der Waals surface area contributed by atoms with Crippen molar-refractivity contribution in [3.63, 3.8) is 0 Å². The molecule has 0 unspecified atom stereocenters. The summed E-state index contributed by atoms with van der Waals surface area (Å²) >= 11 is 0. The fraction of sp³-hybridized carbons (Fsp3) is 0. The number of hydrogen-bond donors (Lipinski definition) is 0. The summed E-state index contributed by atoms with van der Waals surface area (Å²) in [6.45, 7) is 0. The predicted molar refractivity (Wildman–Crippen MR) is 138 cm³/mol. The fourth-order valence-electron chi connectivity index (χ4n) is 3.14. The molecule has 208 valence electrons. The van der Waals surface area contributed by atoms with Crippen LogP contribution in [0.5, 0.6) is 0 Å². The topological polar surface area (TPSA) is 115 Å². The van der Waals surface area contributed by atoms with E-state index < -0.39 is 23.3 Å². The molecule has 42 heavy (non-hydrogen) atoms. The van der Waals surface area contributed by atoms with Gasteiger partial charge in [0.05, 0.1) is 17.1 Å². The molecular formula is C29H15F4IrN8. The molecule has 0 spiro atoms. The molecule has 0 N–H and O–H groups in total. The molecule has 13 heteroatoms. The number of halogens is 4. The quantitative estimate of drug-likeness (QED) is 0.175. The summed E-state index contributed by atoms with van der Waals surface area (Å²) in [5, 5.41) is 22.4. The Morgan fingerprint density at radius 1 is 0.714 bits per heavy atom. The number of rotatable bonds is 3. The van der Waals surface area contributed by atoms with Gasteiger partial charge in [0, 0.05) is 41.9 Å². The normalized spacial score (nSPS) is 9.69. The fourth-order valence-corrected chi connectivity index (χ4v) is 3.14. The van der Waals surface area contributed by atoms with E-state index in [-0.39, 0.29) is 31.2 Å². The van der Waals surface area contributed by atoms with Gasteiger partial charge in [-0.05, 0) is 35.7 Å². The molecule has 0 aliphatic rings. The van der Waals surface area contributed by atoms with Gasteiger partial charge in [0.25, 0.3) is 0 Å². The Morgan fingerprint density at radius 2 is 1.29 bits per heavy atom. The third-order valence-corrected chi connectivity index (χ3v) is 5.00. The number of tetrazole rings is 1. The SMILES string of the molecule is Fc1c[c-]c(-c2ccccn2)c(F)c1.Fc1c[c-]c(-c2ccccn2)c(F)c1.N#Cc1ccc(-c2nnn[n-]2)nc1.[Ir+3]. The molecule has 0 fully saturated rings. The van der Waals surface area contributed by atoms with Crippen molar-refractivity contribution in [3.05, 3.63) is 132 Å². The molecule has 6 aromatic rings. The Morgan fingerprint density at radius 3 is 1.67 bits per heavy atom. The van der Waals surface area contributed by atoms with E-state index in [0.29, 0.717) is 28.5 Å². The largest absolute Gasteiger partial charge is 3.00 e. The van der Waals surface area contributed by atoms with Gasteiger partial charge in [-0.1, -0.05) is 47.5 Å². The van der Waals surface area contributed by atoms with Crippen molar-refractivity contribution in [1.29, 1.82) is 5.26 Å². The van der Waals surface area contributed by atoms with Crippen LogP contribution in [0, 0.1) is 46.7 Å². The monoisotopic (exact) mass is 744 g/mol. The third-order valence-electron chi connectivity index (χ3n) is 5.00. The zero-order chi connectivity index (χ0) is 29.0. The minimum Gasteiger partial charge on any atom is -0.329 e. The Kier molecular flexibility index (Phi) is 11.6. The summed E-state index contributed by atoms with van der Waals surface area (Å²) in [7, 11) is 0. The molecule has 0 atom stereocenters. The summed E-state index contributed by atoms with van der Waals surface area (Å²) in [5.74, 6) is -2.21. The Bertz CT molecular complexity index is 1650. The van der Waals surface area contributed by atoms with Gasteiger partial charge < -0.3 is 15.1 Å². The maximum Gasteiger partial charge on any atom is 3.00 e. The smallest absolute Gasteiger partial charge is 0.329 e. The van der Waals surface area contributed by atoms with Crippen LogP contribution in [-0.4, -0.2) is 30.5 Å². The maximum absolute atomic E-state index is 13.2. The van der Waals surface area contributed by atoms with Crippen molar-refractivity contribution in [1.82, 2.24) is 35.6 Å². The molecule has 6 rings (SSSR count). The number of benzene rings is 2. The van der Waals surface area contributed by atoms with Crippen molar-refractivity contribution >= 4 is 0 Å². The first-order chi connectivity index (χ1) is 19.9. The third kappa shape index (κ3) is 8.66. The molecule has 8 nitrogen and oxygen atoms in total. The molecule has 4 aromatic heterocycles. The van der Waals surface area contributed by atoms with Crippen molar-refractivity contribution in [2.45, 2.75) is 0 Å². The van der Waals surface area contributed by atoms with Crippen molar-refractivity contribution in [2.24, 2.45) is 0 Å². The number of hydrogen-bond acceptors (Lipinski definition) is 7. The first kappa shape index (κ1) is 31.3. The second-order valence-electron chi connectivity index (χ2n) is 7.76. The number of nitrogens with zero attached hydrogens (tertiary/aromatic N) is 8. The van der Waals surface area contributed by atoms with Crippen LogP contribution in [0.1, 0.15) is 5.56 Å². The van der Waals surface area contributed by atoms with Gasteiger partial charge in [-0.25, -0.2) is 0 Å². The van der Waals surface area contributed by atoms with E-state index in [1.807, 2.05) is 6.07 Å². The second kappa shape index (κ2) is 15.6. The Hall–Kier alpha value is -5.18. The molecule has 0 saturated heterocycles. The van der Waals surface area contributed by atoms with Crippen LogP contribution in [0.2, 0.25) is 0 Å². The van der Waals surface area contributed by atoms with Gasteiger partial charge in [-0.15, -0.1) is 24.3 Å². The van der Waals surface area contributed by atoms with Crippen LogP contribution in [0.15, 0.2) is 91.4 Å². The summed E-state index contributed by atoms with van der Waals surface area (Å²) in [6, 6.07) is 24.3. The molecule has 0 aliphatic carbocycles. The van der Waals surface area contributed by atoms with Crippen molar-refractivity contribution in [3.8, 4) is 40.1 Å². The van der Waals surface area contributed by atoms with Crippen LogP contribution in [0.25, 0.3) is 34.0 Å². The van der Waals surface area contributed by atoms with E-state index >= 15 is 0 Å². The van der Waals surface area contributed by atoms with Crippen LogP contribution in [0.3, 0.4) is 0 Å². The average molecular weight is 744 g/mol. The standard InChI is InChI=1S/2C11H6F2N.C7H3N6.Ir/c2*12-8-4-5-9(10(13)7-8)11-3-1-2-6-14-11;8-3-5-1-2-6(9-4-5)7-10-12-13-11-7;/h2*1-4,6-7H;1-2,4H;/q3*-1;+3. The number of aromatic nitrogens is 7. The maximum atomic E-state index is 13.2. The summed E-state index contributed by atoms with van der Waals surface area (Å²) < 4.78 is 51.6. The second-order valence-corrected chi connectivity index (χ2v) is 7.76. The van der Waals surface area contributed by atoms with Gasteiger partial charge in [0.2, 0.25) is 0 Å². The van der Waals surface area contributed by atoms with Gasteiger partial charge in [0.1, 0.15) is 6.07 Å². The van der Waals surface area contributed by atoms with E-state index in [0.717, 1.165) is 24.3 Å². The van der Waals surface area contributed by atoms with Crippen LogP contribution < -0.4 is 5.10 Å². The van der Waals surface area contributed by atoms with E-state index in [2.05, 4.69) is 47.7 Å². The molecule has 4 heterocycles. The predicted octanol–water partition coefficient (Wildman–Crippen LogP) is 5.41. The van der Waals surface area contributed by atoms with Gasteiger partial charge in [-0.2, -0.15) is 10.5 Å². The summed E-state index contributed by atoms with van der Waals surface area (Å²) in [4.78, 5) is 11.9. The minimum atomic E-state index is -0.649. The Balaban J connectivity index is 0.000000171. The first-order valence-electron chi connectivity index (χ1n) is 11.6. The van der Waals surface area contributed by atoms with E-state index in [1.54, 1.807) is 60.9 Å². The van der Waals surface area contributed by atoms with Gasteiger partial charge in [0.15, 0.2) is 0 Å². The number of pyridine rings is 3. The van der Waals surface area contributed by atoms with Crippen LogP contribution in [-0.2, 0) is 20.1 Å². The van der Waals surface area contributed by atoms with E-state index in [9.17, 15) is 17.6 Å². The summed E-state index contributed by atoms with van der Waals surface area (Å²) in [5.41, 5.74) is 2.33. The first-order valence-corrected chi connectivity index (χ1v) is 11.6. The molecule has 0 amide bonds. The average Bonchev–Trinajstić information content (AvgIpc) is 3.54. The van der Waals surface area contributed by atoms with E-state index in [1.165, 1.54) is 6.20 Å². The van der Waals surface area contributed by atoms with Gasteiger partial charge >= 0.3 is 20.1 Å². The van der Waals surface area contributed by atoms with Gasteiger partial charge in [-0.3, -0.25) is 32.9 Å². The molecule has 2 aromatic carbocycles.